The molecule has 0 aliphatic carbocycles. The van der Waals surface area contributed by atoms with Crippen LogP contribution in [-0.4, -0.2) is 33.4 Å². The Labute approximate surface area is 150 Å². The van der Waals surface area contributed by atoms with Crippen molar-refractivity contribution in [3.05, 3.63) is 30.1 Å². The Morgan fingerprint density at radius 1 is 1.24 bits per heavy atom. The van der Waals surface area contributed by atoms with Crippen LogP contribution >= 0.6 is 0 Å². The van der Waals surface area contributed by atoms with Gasteiger partial charge in [0, 0.05) is 19.5 Å². The second kappa shape index (κ2) is 8.48. The first kappa shape index (κ1) is 17.9. The number of carbonyl (C=O) groups is 1. The van der Waals surface area contributed by atoms with Crippen molar-refractivity contribution in [3.8, 4) is 0 Å². The molecule has 0 bridgehead atoms. The predicted octanol–water partition coefficient (Wildman–Crippen LogP) is 3.63. The van der Waals surface area contributed by atoms with Gasteiger partial charge in [-0.15, -0.1) is 0 Å². The van der Waals surface area contributed by atoms with Crippen LogP contribution in [0.2, 0.25) is 0 Å². The van der Waals surface area contributed by atoms with Crippen molar-refractivity contribution in [2.45, 2.75) is 64.5 Å². The minimum absolute atomic E-state index is 0.129. The smallest absolute Gasteiger partial charge is 0.223 e. The number of aryl methyl sites for hydroxylation is 1. The highest BCUT2D eigenvalue weighted by atomic mass is 16.2. The van der Waals surface area contributed by atoms with Crippen LogP contribution < -0.4 is 5.73 Å². The Kier molecular flexibility index (Phi) is 6.08. The number of likely N-dealkylation sites (tertiary alicyclic amines) is 1. The van der Waals surface area contributed by atoms with Gasteiger partial charge in [-0.05, 0) is 51.3 Å². The molecule has 25 heavy (non-hydrogen) atoms. The molecule has 1 fully saturated rings. The molecule has 2 aromatic rings. The van der Waals surface area contributed by atoms with E-state index in [-0.39, 0.29) is 11.9 Å². The van der Waals surface area contributed by atoms with E-state index in [1.807, 2.05) is 6.07 Å². The van der Waals surface area contributed by atoms with Gasteiger partial charge in [-0.1, -0.05) is 25.0 Å². The molecular formula is C20H30N4O. The van der Waals surface area contributed by atoms with E-state index in [2.05, 4.69) is 34.6 Å². The van der Waals surface area contributed by atoms with E-state index in [0.29, 0.717) is 6.42 Å². The summed E-state index contributed by atoms with van der Waals surface area (Å²) in [5.74, 6) is 1.34. The first-order valence-electron chi connectivity index (χ1n) is 9.71. The maximum absolute atomic E-state index is 12.7. The number of hydrogen-bond donors (Lipinski definition) is 1. The molecule has 0 radical (unpaired) electrons. The van der Waals surface area contributed by atoms with E-state index < -0.39 is 0 Å². The van der Waals surface area contributed by atoms with Crippen molar-refractivity contribution in [2.75, 3.05) is 13.1 Å². The Balaban J connectivity index is 1.72. The monoisotopic (exact) mass is 342 g/mol. The van der Waals surface area contributed by atoms with Crippen LogP contribution in [0.5, 0.6) is 0 Å². The molecule has 136 valence electrons. The molecular weight excluding hydrogens is 312 g/mol. The number of imidazole rings is 1. The van der Waals surface area contributed by atoms with E-state index in [4.69, 9.17) is 10.7 Å². The fraction of sp³-hybridized carbons (Fsp3) is 0.600. The SMILES string of the molecule is CCn1c(C2CCCN2C(=O)CCCCCCN)nc2ccccc21. The van der Waals surface area contributed by atoms with Crippen molar-refractivity contribution < 1.29 is 4.79 Å². The van der Waals surface area contributed by atoms with Gasteiger partial charge >= 0.3 is 0 Å². The number of fused-ring (bicyclic) bond motifs is 1. The van der Waals surface area contributed by atoms with Crippen LogP contribution in [0.1, 0.15) is 63.7 Å². The Bertz CT molecular complexity index is 709. The van der Waals surface area contributed by atoms with Crippen molar-refractivity contribution in [2.24, 2.45) is 5.73 Å². The van der Waals surface area contributed by atoms with E-state index in [1.54, 1.807) is 0 Å². The Morgan fingerprint density at radius 2 is 2.04 bits per heavy atom. The molecule has 1 aliphatic rings. The number of rotatable bonds is 8. The molecule has 1 unspecified atom stereocenters. The van der Waals surface area contributed by atoms with E-state index in [1.165, 1.54) is 5.52 Å². The number of hydrogen-bond acceptors (Lipinski definition) is 3. The topological polar surface area (TPSA) is 64.2 Å². The molecule has 1 saturated heterocycles. The molecule has 1 aromatic carbocycles. The third kappa shape index (κ3) is 3.87. The van der Waals surface area contributed by atoms with E-state index in [0.717, 1.165) is 69.5 Å². The molecule has 1 aliphatic heterocycles. The Morgan fingerprint density at radius 3 is 2.84 bits per heavy atom. The van der Waals surface area contributed by atoms with Gasteiger partial charge in [-0.25, -0.2) is 4.98 Å². The van der Waals surface area contributed by atoms with Crippen LogP contribution in [0.15, 0.2) is 24.3 Å². The summed E-state index contributed by atoms with van der Waals surface area (Å²) in [6.07, 6.45) is 6.97. The summed E-state index contributed by atoms with van der Waals surface area (Å²) in [6.45, 7) is 4.64. The zero-order chi connectivity index (χ0) is 17.6. The number of aromatic nitrogens is 2. The second-order valence-electron chi connectivity index (χ2n) is 6.90. The number of para-hydroxylation sites is 2. The molecule has 2 N–H and O–H groups in total. The van der Waals surface area contributed by atoms with Gasteiger partial charge in [0.05, 0.1) is 17.1 Å². The average Bonchev–Trinajstić information content (AvgIpc) is 3.25. The van der Waals surface area contributed by atoms with Crippen molar-refractivity contribution in [1.29, 1.82) is 0 Å². The highest BCUT2D eigenvalue weighted by Gasteiger charge is 2.33. The maximum atomic E-state index is 12.7. The number of unbranched alkanes of at least 4 members (excludes halogenated alkanes) is 3. The van der Waals surface area contributed by atoms with Gasteiger partial charge in [-0.2, -0.15) is 0 Å². The number of nitrogens with two attached hydrogens (primary N) is 1. The lowest BCUT2D eigenvalue weighted by Gasteiger charge is -2.25. The lowest BCUT2D eigenvalue weighted by Crippen LogP contribution is -2.31. The minimum atomic E-state index is 0.129. The summed E-state index contributed by atoms with van der Waals surface area (Å²) in [4.78, 5) is 19.7. The summed E-state index contributed by atoms with van der Waals surface area (Å²) >= 11 is 0. The maximum Gasteiger partial charge on any atom is 0.223 e. The first-order chi connectivity index (χ1) is 12.3. The number of nitrogens with zero attached hydrogens (tertiary/aromatic N) is 3. The lowest BCUT2D eigenvalue weighted by molar-refractivity contribution is -0.132. The molecule has 1 atom stereocenters. The molecule has 3 rings (SSSR count). The third-order valence-corrected chi connectivity index (χ3v) is 5.22. The van der Waals surface area contributed by atoms with Gasteiger partial charge in [0.2, 0.25) is 5.91 Å². The summed E-state index contributed by atoms with van der Waals surface area (Å²) < 4.78 is 2.27. The highest BCUT2D eigenvalue weighted by Crippen LogP contribution is 2.34. The summed E-state index contributed by atoms with van der Waals surface area (Å²) in [7, 11) is 0. The van der Waals surface area contributed by atoms with Crippen molar-refractivity contribution >= 4 is 16.9 Å². The van der Waals surface area contributed by atoms with E-state index >= 15 is 0 Å². The minimum Gasteiger partial charge on any atom is -0.333 e. The zero-order valence-electron chi connectivity index (χ0n) is 15.3. The van der Waals surface area contributed by atoms with Crippen LogP contribution in [0.25, 0.3) is 11.0 Å². The van der Waals surface area contributed by atoms with Gasteiger partial charge in [0.25, 0.3) is 0 Å². The fourth-order valence-corrected chi connectivity index (χ4v) is 3.93. The van der Waals surface area contributed by atoms with E-state index in [9.17, 15) is 4.79 Å². The third-order valence-electron chi connectivity index (χ3n) is 5.22. The van der Waals surface area contributed by atoms with Gasteiger partial charge in [0.1, 0.15) is 5.82 Å². The summed E-state index contributed by atoms with van der Waals surface area (Å²) in [5, 5.41) is 0. The van der Waals surface area contributed by atoms with Gasteiger partial charge in [-0.3, -0.25) is 4.79 Å². The second-order valence-corrected chi connectivity index (χ2v) is 6.90. The quantitative estimate of drug-likeness (QED) is 0.745. The van der Waals surface area contributed by atoms with Crippen LogP contribution in [0.4, 0.5) is 0 Å². The average molecular weight is 342 g/mol. The number of carbonyl (C=O) groups excluding carboxylic acids is 1. The number of amides is 1. The predicted molar refractivity (Wildman–Crippen MR) is 101 cm³/mol. The lowest BCUT2D eigenvalue weighted by atomic mass is 10.1. The number of benzene rings is 1. The van der Waals surface area contributed by atoms with Crippen LogP contribution in [-0.2, 0) is 11.3 Å². The van der Waals surface area contributed by atoms with Crippen molar-refractivity contribution in [3.63, 3.8) is 0 Å². The summed E-state index contributed by atoms with van der Waals surface area (Å²) in [5.41, 5.74) is 7.72. The Hall–Kier alpha value is -1.88. The van der Waals surface area contributed by atoms with Gasteiger partial charge < -0.3 is 15.2 Å². The molecule has 0 spiro atoms. The molecule has 1 aromatic heterocycles. The molecule has 0 saturated carbocycles. The van der Waals surface area contributed by atoms with Gasteiger partial charge in [0.15, 0.2) is 0 Å². The highest BCUT2D eigenvalue weighted by molar-refractivity contribution is 5.78. The largest absolute Gasteiger partial charge is 0.333 e. The van der Waals surface area contributed by atoms with Crippen LogP contribution in [0, 0.1) is 0 Å². The fourth-order valence-electron chi connectivity index (χ4n) is 3.93. The molecule has 5 heteroatoms. The summed E-state index contributed by atoms with van der Waals surface area (Å²) in [6, 6.07) is 8.39. The van der Waals surface area contributed by atoms with Crippen LogP contribution in [0.3, 0.4) is 0 Å². The van der Waals surface area contributed by atoms with Crippen molar-refractivity contribution in [1.82, 2.24) is 14.5 Å². The first-order valence-corrected chi connectivity index (χ1v) is 9.71. The molecule has 1 amide bonds. The zero-order valence-corrected chi connectivity index (χ0v) is 15.3. The normalized spacial score (nSPS) is 17.5. The molecule has 5 nitrogen and oxygen atoms in total. The standard InChI is InChI=1S/C20H30N4O/c1-2-23-17-11-7-6-10-16(17)22-20(23)18-12-9-15-24(18)19(25)13-5-3-4-8-14-21/h6-7,10-11,18H,2-5,8-9,12-15,21H2,1H3. The molecule has 2 heterocycles.